The summed E-state index contributed by atoms with van der Waals surface area (Å²) < 4.78 is 66.6. The van der Waals surface area contributed by atoms with Gasteiger partial charge >= 0.3 is 0 Å². The molecule has 0 radical (unpaired) electrons. The molecule has 6 aromatic rings. The van der Waals surface area contributed by atoms with E-state index in [0.717, 1.165) is 11.3 Å². The summed E-state index contributed by atoms with van der Waals surface area (Å²) in [6, 6.07) is 31.7. The molecule has 296 valence electrons. The van der Waals surface area contributed by atoms with Gasteiger partial charge in [0.25, 0.3) is 20.2 Å². The molecule has 0 aliphatic carbocycles. The van der Waals surface area contributed by atoms with E-state index in [4.69, 9.17) is 0 Å². The molecule has 6 aromatic carbocycles. The lowest BCUT2D eigenvalue weighted by Crippen LogP contribution is -2.22. The smallest absolute Gasteiger partial charge is 0.294 e. The highest BCUT2D eigenvalue weighted by Gasteiger charge is 2.16. The molecule has 0 atom stereocenters. The molecule has 17 heteroatoms. The van der Waals surface area contributed by atoms with Gasteiger partial charge in [0.1, 0.15) is 5.69 Å². The molecule has 3 N–H and O–H groups in total. The lowest BCUT2D eigenvalue weighted by molar-refractivity contribution is -0.114. The number of hydrogen-bond acceptors (Lipinski definition) is 12. The maximum absolute atomic E-state index is 12.2. The number of carbonyl (C=O) groups excluding carboxylic acids is 1. The number of azo groups is 3. The summed E-state index contributed by atoms with van der Waals surface area (Å²) in [6.45, 7) is 8.40. The van der Waals surface area contributed by atoms with Crippen LogP contribution in [0.1, 0.15) is 30.5 Å². The molecule has 0 fully saturated rings. The molecule has 0 saturated heterocycles. The number of rotatable bonds is 13. The lowest BCUT2D eigenvalue weighted by Gasteiger charge is -2.24. The molecular weight excluding hydrogens is 781 g/mol. The average Bonchev–Trinajstić information content (AvgIpc) is 3.18. The van der Waals surface area contributed by atoms with Crippen LogP contribution in [0.5, 0.6) is 0 Å². The van der Waals surface area contributed by atoms with Crippen molar-refractivity contribution in [3.8, 4) is 0 Å². The third-order valence-corrected chi connectivity index (χ3v) is 10.6. The van der Waals surface area contributed by atoms with E-state index in [-0.39, 0.29) is 27.1 Å². The lowest BCUT2D eigenvalue weighted by atomic mass is 10.1. The van der Waals surface area contributed by atoms with Gasteiger partial charge in [-0.25, -0.2) is 0 Å². The maximum atomic E-state index is 12.2. The van der Waals surface area contributed by atoms with Gasteiger partial charge in [0.2, 0.25) is 5.91 Å². The molecule has 0 bridgehead atoms. The summed E-state index contributed by atoms with van der Waals surface area (Å²) in [5.41, 5.74) is 6.02. The number of aryl methyl sites for hydroxylation is 2. The zero-order valence-electron chi connectivity index (χ0n) is 31.8. The van der Waals surface area contributed by atoms with Crippen LogP contribution in [0.4, 0.5) is 45.5 Å². The second-order valence-electron chi connectivity index (χ2n) is 13.2. The quantitative estimate of drug-likeness (QED) is 0.0750. The first-order valence-electron chi connectivity index (χ1n) is 17.8. The monoisotopic (exact) mass is 818 g/mol. The maximum Gasteiger partial charge on any atom is 0.294 e. The fraction of sp³-hybridized carbons (Fsp3) is 0.146. The van der Waals surface area contributed by atoms with E-state index in [1.807, 2.05) is 49.4 Å². The molecule has 0 unspecified atom stereocenters. The zero-order valence-corrected chi connectivity index (χ0v) is 33.4. The predicted octanol–water partition coefficient (Wildman–Crippen LogP) is 11.2. The molecule has 6 rings (SSSR count). The minimum Gasteiger partial charge on any atom is -0.367 e. The van der Waals surface area contributed by atoms with Gasteiger partial charge in [0, 0.05) is 36.5 Å². The minimum atomic E-state index is -4.58. The van der Waals surface area contributed by atoms with Crippen molar-refractivity contribution in [1.29, 1.82) is 0 Å². The largest absolute Gasteiger partial charge is 0.367 e. The molecule has 0 spiro atoms. The number of nitrogens with zero attached hydrogens (tertiary/aromatic N) is 7. The van der Waals surface area contributed by atoms with Gasteiger partial charge in [0.05, 0.1) is 43.9 Å². The van der Waals surface area contributed by atoms with Gasteiger partial charge in [-0.15, -0.1) is 15.3 Å². The van der Waals surface area contributed by atoms with E-state index < -0.39 is 20.2 Å². The molecule has 0 saturated carbocycles. The van der Waals surface area contributed by atoms with Crippen molar-refractivity contribution in [2.45, 2.75) is 44.0 Å². The molecule has 15 nitrogen and oxygen atoms in total. The minimum absolute atomic E-state index is 0.221. The summed E-state index contributed by atoms with van der Waals surface area (Å²) >= 11 is 0. The van der Waals surface area contributed by atoms with Crippen molar-refractivity contribution in [3.63, 3.8) is 0 Å². The number of hydrogen-bond donors (Lipinski definition) is 3. The Morgan fingerprint density at radius 2 is 1.17 bits per heavy atom. The van der Waals surface area contributed by atoms with Gasteiger partial charge in [-0.2, -0.15) is 32.2 Å². The highest BCUT2D eigenvalue weighted by atomic mass is 32.2. The van der Waals surface area contributed by atoms with Crippen molar-refractivity contribution in [2.24, 2.45) is 30.7 Å². The van der Waals surface area contributed by atoms with Crippen LogP contribution in [0, 0.1) is 13.8 Å². The molecule has 58 heavy (non-hydrogen) atoms. The summed E-state index contributed by atoms with van der Waals surface area (Å²) in [6.07, 6.45) is 0. The van der Waals surface area contributed by atoms with Crippen LogP contribution in [0.15, 0.2) is 156 Å². The normalized spacial score (nSPS) is 12.2. The van der Waals surface area contributed by atoms with E-state index >= 15 is 0 Å². The Bertz CT molecular complexity index is 2850. The molecule has 0 aliphatic heterocycles. The van der Waals surface area contributed by atoms with Crippen LogP contribution in [-0.4, -0.2) is 38.4 Å². The third kappa shape index (κ3) is 10.1. The Hall–Kier alpha value is -6.53. The van der Waals surface area contributed by atoms with Crippen LogP contribution in [0.25, 0.3) is 10.8 Å². The fourth-order valence-electron chi connectivity index (χ4n) is 5.95. The first-order chi connectivity index (χ1) is 27.6. The van der Waals surface area contributed by atoms with Gasteiger partial charge in [0.15, 0.2) is 0 Å². The Kier molecular flexibility index (Phi) is 12.3. The predicted molar refractivity (Wildman–Crippen MR) is 222 cm³/mol. The Morgan fingerprint density at radius 3 is 1.79 bits per heavy atom. The highest BCUT2D eigenvalue weighted by Crippen LogP contribution is 2.39. The van der Waals surface area contributed by atoms with E-state index in [2.05, 4.69) is 40.9 Å². The van der Waals surface area contributed by atoms with Crippen molar-refractivity contribution >= 4 is 82.4 Å². The Labute approximate surface area is 335 Å². The van der Waals surface area contributed by atoms with Crippen molar-refractivity contribution in [1.82, 2.24) is 0 Å². The van der Waals surface area contributed by atoms with Crippen molar-refractivity contribution < 1.29 is 30.7 Å². The zero-order chi connectivity index (χ0) is 41.6. The number of amides is 1. The number of nitrogens with one attached hydrogen (secondary N) is 1. The number of anilines is 2. The molecule has 0 aliphatic rings. The van der Waals surface area contributed by atoms with E-state index in [1.165, 1.54) is 43.3 Å². The molecule has 1 amide bonds. The Morgan fingerprint density at radius 1 is 0.603 bits per heavy atom. The Balaban J connectivity index is 1.32. The van der Waals surface area contributed by atoms with Crippen LogP contribution in [0.3, 0.4) is 0 Å². The summed E-state index contributed by atoms with van der Waals surface area (Å²) in [5.74, 6) is -0.286. The average molecular weight is 819 g/mol. The number of fused-ring (bicyclic) bond motifs is 1. The fourth-order valence-corrected chi connectivity index (χ4v) is 6.98. The summed E-state index contributed by atoms with van der Waals surface area (Å²) in [5, 5.41) is 29.9. The van der Waals surface area contributed by atoms with Crippen LogP contribution in [-0.2, 0) is 31.6 Å². The first-order valence-corrected chi connectivity index (χ1v) is 20.7. The molecule has 0 aromatic heterocycles. The summed E-state index contributed by atoms with van der Waals surface area (Å²) in [4.78, 5) is 13.7. The standard InChI is InChI=1S/C41H38N8O7S2/c1-5-49(25-29-10-7-6-8-11-29)31-14-17-38(41(23-31)42-28(4)50)46-44-36-18-19-37(35-24-33(58(54,55)56)15-16-34(35)36)45-48-40-21-26(2)39(20-27(40)3)47-43-30-12-9-13-32(22-30)57(51,52)53/h6-24H,5,25H2,1-4H3,(H,42,50)(H,51,52,53)(H,54,55,56)/b46-44+,47-43+,48-45+. The summed E-state index contributed by atoms with van der Waals surface area (Å²) in [7, 11) is -8.99. The SMILES string of the molecule is CCN(Cc1ccccc1)c1ccc(/N=N/c2ccc(/N=N/c3cc(C)c(/N=N/c4cccc(S(=O)(=O)O)c4)cc3C)c3cc(S(=O)(=O)O)ccc23)c(NC(C)=O)c1. The van der Waals surface area contributed by atoms with Crippen LogP contribution < -0.4 is 10.2 Å². The van der Waals surface area contributed by atoms with Crippen molar-refractivity contribution in [3.05, 3.63) is 132 Å². The van der Waals surface area contributed by atoms with Gasteiger partial charge in [-0.3, -0.25) is 13.9 Å². The second-order valence-corrected chi connectivity index (χ2v) is 16.0. The highest BCUT2D eigenvalue weighted by molar-refractivity contribution is 7.86. The van der Waals surface area contributed by atoms with Crippen LogP contribution >= 0.6 is 0 Å². The van der Waals surface area contributed by atoms with E-state index in [9.17, 15) is 30.7 Å². The topological polar surface area (TPSA) is 215 Å². The van der Waals surface area contributed by atoms with Gasteiger partial charge in [-0.05, 0) is 110 Å². The van der Waals surface area contributed by atoms with Gasteiger partial charge < -0.3 is 10.2 Å². The molecular formula is C41H38N8O7S2. The van der Waals surface area contributed by atoms with Crippen molar-refractivity contribution in [2.75, 3.05) is 16.8 Å². The second kappa shape index (κ2) is 17.3. The third-order valence-electron chi connectivity index (χ3n) is 8.93. The molecule has 0 heterocycles. The van der Waals surface area contributed by atoms with Crippen LogP contribution in [0.2, 0.25) is 0 Å². The first kappa shape index (κ1) is 41.1. The van der Waals surface area contributed by atoms with E-state index in [1.54, 1.807) is 50.2 Å². The number of carbonyl (C=O) groups is 1. The van der Waals surface area contributed by atoms with E-state index in [0.29, 0.717) is 63.4 Å². The van der Waals surface area contributed by atoms with Gasteiger partial charge in [-0.1, -0.05) is 42.5 Å². The number of benzene rings is 6.